The van der Waals surface area contributed by atoms with Gasteiger partial charge in [0.1, 0.15) is 0 Å². The Morgan fingerprint density at radius 1 is 1.25 bits per heavy atom. The summed E-state index contributed by atoms with van der Waals surface area (Å²) in [5, 5.41) is -4.08. The van der Waals surface area contributed by atoms with Crippen LogP contribution in [0.2, 0.25) is 0 Å². The van der Waals surface area contributed by atoms with Gasteiger partial charge < -0.3 is 0 Å². The van der Waals surface area contributed by atoms with Gasteiger partial charge in [0.15, 0.2) is 0 Å². The number of piperidine rings is 1. The van der Waals surface area contributed by atoms with Crippen LogP contribution in [-0.2, 0) is 4.74 Å². The molecule has 0 spiro atoms. The molecule has 7 heteroatoms. The maximum absolute atomic E-state index is 12.0. The normalized spacial score (nSPS) is 18.6. The fourth-order valence-corrected chi connectivity index (χ4v) is 2.78. The topological polar surface area (TPSA) is 29.5 Å². The Kier molecular flexibility index (Phi) is 5.95. The SMILES string of the molecule is CC(C)(C)OC(=O)N1CCC(/C=C/[Se]C(F)(F)F)CC1. The Morgan fingerprint density at radius 3 is 2.25 bits per heavy atom. The van der Waals surface area contributed by atoms with Crippen LogP contribution in [0.3, 0.4) is 0 Å². The second-order valence-electron chi connectivity index (χ2n) is 5.70. The molecule has 116 valence electrons. The molecule has 0 aromatic heterocycles. The predicted molar refractivity (Wildman–Crippen MR) is 71.5 cm³/mol. The molecule has 3 nitrogen and oxygen atoms in total. The molecule has 0 aliphatic carbocycles. The van der Waals surface area contributed by atoms with Gasteiger partial charge in [-0.3, -0.25) is 0 Å². The van der Waals surface area contributed by atoms with E-state index in [9.17, 15) is 18.0 Å². The summed E-state index contributed by atoms with van der Waals surface area (Å²) < 4.78 is 41.4. The standard InChI is InChI=1S/C13H20F3NO2Se/c1-12(2,3)19-11(18)17-7-4-10(5-8-17)6-9-20-13(14,15)16/h6,9-10H,4-5,7-8H2,1-3H3/b9-6+. The third-order valence-electron chi connectivity index (χ3n) is 2.74. The van der Waals surface area contributed by atoms with Crippen LogP contribution < -0.4 is 0 Å². The van der Waals surface area contributed by atoms with Gasteiger partial charge in [-0.2, -0.15) is 0 Å². The average molecular weight is 358 g/mol. The number of hydrogen-bond acceptors (Lipinski definition) is 2. The van der Waals surface area contributed by atoms with Crippen LogP contribution in [0.1, 0.15) is 33.6 Å². The van der Waals surface area contributed by atoms with E-state index in [1.54, 1.807) is 31.7 Å². The molecular formula is C13H20F3NO2Se. The first-order valence-electron chi connectivity index (χ1n) is 6.46. The van der Waals surface area contributed by atoms with Crippen molar-refractivity contribution in [2.24, 2.45) is 5.92 Å². The van der Waals surface area contributed by atoms with Crippen molar-refractivity contribution < 1.29 is 22.7 Å². The Morgan fingerprint density at radius 2 is 1.80 bits per heavy atom. The van der Waals surface area contributed by atoms with Crippen molar-refractivity contribution in [3.63, 3.8) is 0 Å². The second kappa shape index (κ2) is 6.85. The molecule has 1 saturated heterocycles. The summed E-state index contributed by atoms with van der Waals surface area (Å²) in [5.74, 6) is 0.123. The summed E-state index contributed by atoms with van der Waals surface area (Å²) in [7, 11) is 0. The third kappa shape index (κ3) is 7.20. The first kappa shape index (κ1) is 17.4. The third-order valence-corrected chi connectivity index (χ3v) is 3.92. The summed E-state index contributed by atoms with van der Waals surface area (Å²) in [6.07, 6.45) is 2.66. The monoisotopic (exact) mass is 359 g/mol. The number of alkyl halides is 3. The van der Waals surface area contributed by atoms with Gasteiger partial charge in [0.25, 0.3) is 0 Å². The van der Waals surface area contributed by atoms with Crippen LogP contribution >= 0.6 is 0 Å². The van der Waals surface area contributed by atoms with Gasteiger partial charge in [0.2, 0.25) is 0 Å². The zero-order valence-electron chi connectivity index (χ0n) is 11.9. The van der Waals surface area contributed by atoms with Gasteiger partial charge in [0.05, 0.1) is 0 Å². The zero-order valence-corrected chi connectivity index (χ0v) is 13.6. The van der Waals surface area contributed by atoms with E-state index < -0.39 is 25.6 Å². The van der Waals surface area contributed by atoms with Gasteiger partial charge in [-0.15, -0.1) is 0 Å². The van der Waals surface area contributed by atoms with Gasteiger partial charge in [0, 0.05) is 0 Å². The summed E-state index contributed by atoms with van der Waals surface area (Å²) >= 11 is -1.45. The van der Waals surface area contributed by atoms with Gasteiger partial charge in [-0.1, -0.05) is 0 Å². The number of nitrogens with zero attached hydrogens (tertiary/aromatic N) is 1. The molecular weight excluding hydrogens is 338 g/mol. The first-order valence-corrected chi connectivity index (χ1v) is 8.30. The molecule has 0 N–H and O–H groups in total. The summed E-state index contributed by atoms with van der Waals surface area (Å²) in [5.41, 5.74) is -0.525. The van der Waals surface area contributed by atoms with E-state index in [2.05, 4.69) is 0 Å². The van der Waals surface area contributed by atoms with E-state index in [0.29, 0.717) is 25.9 Å². The number of halogens is 3. The van der Waals surface area contributed by atoms with Gasteiger partial charge in [-0.05, 0) is 0 Å². The summed E-state index contributed by atoms with van der Waals surface area (Å²) in [6.45, 7) is 6.48. The molecule has 1 heterocycles. The Labute approximate surface area is 123 Å². The minimum absolute atomic E-state index is 0.123. The molecule has 1 fully saturated rings. The predicted octanol–water partition coefficient (Wildman–Crippen LogP) is 3.37. The number of rotatable bonds is 2. The molecule has 0 radical (unpaired) electrons. The number of allylic oxidation sites excluding steroid dienone is 1. The molecule has 0 bridgehead atoms. The zero-order chi connectivity index (χ0) is 15.4. The van der Waals surface area contributed by atoms with Gasteiger partial charge >= 0.3 is 123 Å². The summed E-state index contributed by atoms with van der Waals surface area (Å²) in [4.78, 5) is 14.7. The van der Waals surface area contributed by atoms with Crippen molar-refractivity contribution >= 4 is 21.1 Å². The van der Waals surface area contributed by atoms with E-state index in [1.807, 2.05) is 0 Å². The van der Waals surface area contributed by atoms with E-state index in [1.165, 1.54) is 4.97 Å². The van der Waals surface area contributed by atoms with Crippen LogP contribution in [0.25, 0.3) is 0 Å². The van der Waals surface area contributed by atoms with Crippen molar-refractivity contribution in [1.82, 2.24) is 4.90 Å². The van der Waals surface area contributed by atoms with E-state index in [-0.39, 0.29) is 12.0 Å². The molecule has 1 aliphatic rings. The number of likely N-dealkylation sites (tertiary alicyclic amines) is 1. The summed E-state index contributed by atoms with van der Waals surface area (Å²) in [6, 6.07) is 0. The average Bonchev–Trinajstić information content (AvgIpc) is 2.25. The van der Waals surface area contributed by atoms with Crippen LogP contribution in [0.4, 0.5) is 18.0 Å². The van der Waals surface area contributed by atoms with Crippen LogP contribution in [0.15, 0.2) is 11.1 Å². The molecule has 1 amide bonds. The van der Waals surface area contributed by atoms with E-state index in [0.717, 1.165) is 0 Å². The minimum atomic E-state index is -4.08. The molecule has 20 heavy (non-hydrogen) atoms. The maximum atomic E-state index is 12.0. The van der Waals surface area contributed by atoms with Crippen molar-refractivity contribution in [2.75, 3.05) is 13.1 Å². The van der Waals surface area contributed by atoms with Crippen LogP contribution in [-0.4, -0.2) is 49.7 Å². The Hall–Kier alpha value is -0.681. The number of carbonyl (C=O) groups is 1. The molecule has 0 aromatic rings. The fraction of sp³-hybridized carbons (Fsp3) is 0.769. The molecule has 1 rings (SSSR count). The van der Waals surface area contributed by atoms with Crippen molar-refractivity contribution in [3.8, 4) is 0 Å². The molecule has 1 aliphatic heterocycles. The van der Waals surface area contributed by atoms with Crippen molar-refractivity contribution in [3.05, 3.63) is 11.1 Å². The van der Waals surface area contributed by atoms with E-state index in [4.69, 9.17) is 4.74 Å². The van der Waals surface area contributed by atoms with Crippen molar-refractivity contribution in [1.29, 1.82) is 0 Å². The number of ether oxygens (including phenoxy) is 1. The quantitative estimate of drug-likeness (QED) is 0.709. The van der Waals surface area contributed by atoms with Crippen LogP contribution in [0.5, 0.6) is 0 Å². The Balaban J connectivity index is 2.35. The van der Waals surface area contributed by atoms with Crippen molar-refractivity contribution in [2.45, 2.75) is 44.3 Å². The molecule has 0 aromatic carbocycles. The number of carbonyl (C=O) groups excluding carboxylic acids is 1. The second-order valence-corrected chi connectivity index (χ2v) is 7.73. The molecule has 0 unspecified atom stereocenters. The fourth-order valence-electron chi connectivity index (χ4n) is 1.83. The molecule has 0 saturated carbocycles. The number of hydrogen-bond donors (Lipinski definition) is 0. The number of amides is 1. The first-order chi connectivity index (χ1) is 9.07. The van der Waals surface area contributed by atoms with Gasteiger partial charge in [-0.25, -0.2) is 0 Å². The van der Waals surface area contributed by atoms with Crippen LogP contribution in [0, 0.1) is 5.92 Å². The molecule has 0 atom stereocenters. The van der Waals surface area contributed by atoms with E-state index >= 15 is 0 Å². The Bertz CT molecular complexity index is 356.